The first-order chi connectivity index (χ1) is 13.1. The maximum Gasteiger partial charge on any atom is 0.230 e. The average molecular weight is 378 g/mol. The van der Waals surface area contributed by atoms with Gasteiger partial charge in [-0.15, -0.1) is 11.3 Å². The van der Waals surface area contributed by atoms with E-state index < -0.39 is 0 Å². The molecule has 1 heterocycles. The van der Waals surface area contributed by atoms with Crippen LogP contribution in [0.1, 0.15) is 35.2 Å². The molecule has 0 fully saturated rings. The normalized spacial score (nSPS) is 18.1. The van der Waals surface area contributed by atoms with Crippen molar-refractivity contribution in [3.8, 4) is 5.75 Å². The summed E-state index contributed by atoms with van der Waals surface area (Å²) in [6.45, 7) is 2.13. The molecule has 4 rings (SSSR count). The standard InChI is InChI=1S/C22H22N2O2S/c1-14-19-6-4-3-5-16(19)12-20(14)21(25)24-22-23-17(13-27-22)11-15-7-9-18(26-2)10-8-15/h3-10,13-14,20H,11-12H2,1-2H3,(H,23,24,25). The van der Waals surface area contributed by atoms with Crippen LogP contribution in [0.25, 0.3) is 0 Å². The molecule has 1 amide bonds. The van der Waals surface area contributed by atoms with Gasteiger partial charge in [0.05, 0.1) is 12.8 Å². The Morgan fingerprint density at radius 3 is 2.74 bits per heavy atom. The summed E-state index contributed by atoms with van der Waals surface area (Å²) in [4.78, 5) is 17.4. The Labute approximate surface area is 163 Å². The highest BCUT2D eigenvalue weighted by molar-refractivity contribution is 7.13. The predicted octanol–water partition coefficient (Wildman–Crippen LogP) is 4.66. The summed E-state index contributed by atoms with van der Waals surface area (Å²) >= 11 is 1.48. The number of carbonyl (C=O) groups excluding carboxylic acids is 1. The van der Waals surface area contributed by atoms with Gasteiger partial charge in [-0.05, 0) is 41.2 Å². The van der Waals surface area contributed by atoms with Crippen molar-refractivity contribution >= 4 is 22.4 Å². The minimum atomic E-state index is -0.0312. The van der Waals surface area contributed by atoms with Gasteiger partial charge in [-0.2, -0.15) is 0 Å². The van der Waals surface area contributed by atoms with Gasteiger partial charge < -0.3 is 10.1 Å². The van der Waals surface area contributed by atoms with Gasteiger partial charge in [-0.3, -0.25) is 4.79 Å². The number of carbonyl (C=O) groups is 1. The second-order valence-electron chi connectivity index (χ2n) is 6.96. The van der Waals surface area contributed by atoms with E-state index in [2.05, 4.69) is 29.4 Å². The first-order valence-corrected chi connectivity index (χ1v) is 9.98. The number of methoxy groups -OCH3 is 1. The van der Waals surface area contributed by atoms with E-state index >= 15 is 0 Å². The lowest BCUT2D eigenvalue weighted by atomic mass is 9.94. The molecular weight excluding hydrogens is 356 g/mol. The van der Waals surface area contributed by atoms with E-state index in [4.69, 9.17) is 4.74 Å². The number of benzene rings is 2. The van der Waals surface area contributed by atoms with Gasteiger partial charge in [0, 0.05) is 17.7 Å². The molecule has 138 valence electrons. The first-order valence-electron chi connectivity index (χ1n) is 9.10. The number of fused-ring (bicyclic) bond motifs is 1. The number of hydrogen-bond donors (Lipinski definition) is 1. The zero-order chi connectivity index (χ0) is 18.8. The average Bonchev–Trinajstić information content (AvgIpc) is 3.27. The van der Waals surface area contributed by atoms with Gasteiger partial charge in [-0.25, -0.2) is 4.98 Å². The van der Waals surface area contributed by atoms with E-state index in [0.717, 1.165) is 24.3 Å². The fraction of sp³-hybridized carbons (Fsp3) is 0.273. The molecule has 5 heteroatoms. The number of aromatic nitrogens is 1. The second kappa shape index (κ2) is 7.53. The Hall–Kier alpha value is -2.66. The fourth-order valence-corrected chi connectivity index (χ4v) is 4.42. The Balaban J connectivity index is 1.40. The van der Waals surface area contributed by atoms with Crippen molar-refractivity contribution in [1.29, 1.82) is 0 Å². The van der Waals surface area contributed by atoms with E-state index in [-0.39, 0.29) is 17.7 Å². The van der Waals surface area contributed by atoms with E-state index in [9.17, 15) is 4.79 Å². The minimum Gasteiger partial charge on any atom is -0.497 e. The van der Waals surface area contributed by atoms with Crippen molar-refractivity contribution in [2.24, 2.45) is 5.92 Å². The van der Waals surface area contributed by atoms with Crippen LogP contribution in [0.3, 0.4) is 0 Å². The molecule has 2 aromatic carbocycles. The van der Waals surface area contributed by atoms with Crippen molar-refractivity contribution in [3.05, 3.63) is 76.3 Å². The molecule has 1 aliphatic rings. The third-order valence-corrected chi connectivity index (χ3v) is 6.06. The van der Waals surface area contributed by atoms with Crippen molar-refractivity contribution in [3.63, 3.8) is 0 Å². The summed E-state index contributed by atoms with van der Waals surface area (Å²) < 4.78 is 5.19. The number of nitrogens with zero attached hydrogens (tertiary/aromatic N) is 1. The highest BCUT2D eigenvalue weighted by Gasteiger charge is 2.34. The summed E-state index contributed by atoms with van der Waals surface area (Å²) in [6.07, 6.45) is 1.54. The first kappa shape index (κ1) is 17.7. The number of thiazole rings is 1. The number of anilines is 1. The lowest BCUT2D eigenvalue weighted by Crippen LogP contribution is -2.25. The van der Waals surface area contributed by atoms with Crippen LogP contribution in [-0.4, -0.2) is 18.0 Å². The molecule has 0 aliphatic heterocycles. The molecule has 0 saturated carbocycles. The Morgan fingerprint density at radius 2 is 2.00 bits per heavy atom. The molecule has 0 saturated heterocycles. The van der Waals surface area contributed by atoms with Gasteiger partial charge in [-0.1, -0.05) is 43.3 Å². The molecule has 1 N–H and O–H groups in total. The molecular formula is C22H22N2O2S. The van der Waals surface area contributed by atoms with E-state index in [1.54, 1.807) is 7.11 Å². The van der Waals surface area contributed by atoms with Gasteiger partial charge >= 0.3 is 0 Å². The van der Waals surface area contributed by atoms with Crippen molar-refractivity contribution in [2.75, 3.05) is 12.4 Å². The molecule has 2 atom stereocenters. The van der Waals surface area contributed by atoms with Gasteiger partial charge in [0.2, 0.25) is 5.91 Å². The molecule has 27 heavy (non-hydrogen) atoms. The third-order valence-electron chi connectivity index (χ3n) is 5.25. The fourth-order valence-electron chi connectivity index (χ4n) is 3.71. The highest BCUT2D eigenvalue weighted by Crippen LogP contribution is 2.38. The number of rotatable bonds is 5. The van der Waals surface area contributed by atoms with Crippen LogP contribution < -0.4 is 10.1 Å². The maximum atomic E-state index is 12.8. The number of ether oxygens (including phenoxy) is 1. The van der Waals surface area contributed by atoms with Crippen LogP contribution in [0.5, 0.6) is 5.75 Å². The molecule has 0 spiro atoms. The van der Waals surface area contributed by atoms with Crippen molar-refractivity contribution < 1.29 is 9.53 Å². The van der Waals surface area contributed by atoms with Crippen LogP contribution in [0.2, 0.25) is 0 Å². The van der Waals surface area contributed by atoms with Gasteiger partial charge in [0.15, 0.2) is 5.13 Å². The van der Waals surface area contributed by atoms with Crippen LogP contribution in [0.15, 0.2) is 53.9 Å². The van der Waals surface area contributed by atoms with Crippen LogP contribution in [-0.2, 0) is 17.6 Å². The molecule has 0 radical (unpaired) electrons. The molecule has 4 nitrogen and oxygen atoms in total. The quantitative estimate of drug-likeness (QED) is 0.703. The van der Waals surface area contributed by atoms with Crippen LogP contribution in [0, 0.1) is 5.92 Å². The summed E-state index contributed by atoms with van der Waals surface area (Å²) in [7, 11) is 1.66. The smallest absolute Gasteiger partial charge is 0.230 e. The number of amides is 1. The van der Waals surface area contributed by atoms with Crippen LogP contribution in [0.4, 0.5) is 5.13 Å². The summed E-state index contributed by atoms with van der Waals surface area (Å²) in [5.74, 6) is 1.11. The molecule has 1 aliphatic carbocycles. The molecule has 2 unspecified atom stereocenters. The Kier molecular flexibility index (Phi) is 4.94. The maximum absolute atomic E-state index is 12.8. The number of hydrogen-bond acceptors (Lipinski definition) is 4. The van der Waals surface area contributed by atoms with E-state index in [0.29, 0.717) is 5.13 Å². The monoisotopic (exact) mass is 378 g/mol. The predicted molar refractivity (Wildman–Crippen MR) is 109 cm³/mol. The Morgan fingerprint density at radius 1 is 1.22 bits per heavy atom. The lowest BCUT2D eigenvalue weighted by molar-refractivity contribution is -0.120. The van der Waals surface area contributed by atoms with E-state index in [1.807, 2.05) is 41.8 Å². The SMILES string of the molecule is COc1ccc(Cc2csc(NC(=O)C3Cc4ccccc4C3C)n2)cc1. The summed E-state index contributed by atoms with van der Waals surface area (Å²) in [5.41, 5.74) is 4.70. The van der Waals surface area contributed by atoms with Gasteiger partial charge in [0.25, 0.3) is 0 Å². The lowest BCUT2D eigenvalue weighted by Gasteiger charge is -2.14. The zero-order valence-electron chi connectivity index (χ0n) is 15.4. The minimum absolute atomic E-state index is 0.0312. The second-order valence-corrected chi connectivity index (χ2v) is 7.81. The molecule has 1 aromatic heterocycles. The van der Waals surface area contributed by atoms with Gasteiger partial charge in [0.1, 0.15) is 5.75 Å². The van der Waals surface area contributed by atoms with Crippen molar-refractivity contribution in [2.45, 2.75) is 25.7 Å². The topological polar surface area (TPSA) is 51.2 Å². The Bertz CT molecular complexity index is 949. The molecule has 3 aromatic rings. The van der Waals surface area contributed by atoms with Crippen molar-refractivity contribution in [1.82, 2.24) is 4.98 Å². The highest BCUT2D eigenvalue weighted by atomic mass is 32.1. The zero-order valence-corrected chi connectivity index (χ0v) is 16.3. The summed E-state index contributed by atoms with van der Waals surface area (Å²) in [5, 5.41) is 5.70. The molecule has 0 bridgehead atoms. The third kappa shape index (κ3) is 3.74. The number of nitrogens with one attached hydrogen (secondary N) is 1. The van der Waals surface area contributed by atoms with Crippen LogP contribution >= 0.6 is 11.3 Å². The van der Waals surface area contributed by atoms with E-state index in [1.165, 1.54) is 28.0 Å². The summed E-state index contributed by atoms with van der Waals surface area (Å²) in [6, 6.07) is 16.3. The largest absolute Gasteiger partial charge is 0.497 e.